The first-order valence-electron chi connectivity index (χ1n) is 6.14. The summed E-state index contributed by atoms with van der Waals surface area (Å²) < 4.78 is 10.1. The molecule has 0 atom stereocenters. The van der Waals surface area contributed by atoms with Crippen molar-refractivity contribution in [1.29, 1.82) is 0 Å². The Balaban J connectivity index is 2.28. The molecule has 2 aromatic rings. The van der Waals surface area contributed by atoms with Gasteiger partial charge in [-0.1, -0.05) is 44.9 Å². The maximum atomic E-state index is 5.15. The lowest BCUT2D eigenvalue weighted by Crippen LogP contribution is -2.22. The van der Waals surface area contributed by atoms with Crippen LogP contribution in [0.4, 0.5) is 0 Å². The van der Waals surface area contributed by atoms with E-state index in [1.54, 1.807) is 18.7 Å². The molecule has 4 nitrogen and oxygen atoms in total. The summed E-state index contributed by atoms with van der Waals surface area (Å²) in [5, 5.41) is 7.91. The fourth-order valence-electron chi connectivity index (χ4n) is 2.12. The third-order valence-electron chi connectivity index (χ3n) is 3.20. The van der Waals surface area contributed by atoms with Gasteiger partial charge >= 0.3 is 0 Å². The molecule has 0 bridgehead atoms. The number of nitrogens with zero attached hydrogens (tertiary/aromatic N) is 2. The molecule has 4 heteroatoms. The smallest absolute Gasteiger partial charge is 0.127 e. The molecule has 0 N–H and O–H groups in total. The average Bonchev–Trinajstić information content (AvgIpc) is 2.83. The van der Waals surface area contributed by atoms with E-state index in [2.05, 4.69) is 44.9 Å². The minimum Gasteiger partial charge on any atom is -0.364 e. The summed E-state index contributed by atoms with van der Waals surface area (Å²) in [6.07, 6.45) is 6.06. The van der Waals surface area contributed by atoms with Crippen LogP contribution in [0.5, 0.6) is 0 Å². The second kappa shape index (κ2) is 4.26. The Morgan fingerprint density at radius 2 is 1.78 bits per heavy atom. The molecule has 0 spiro atoms. The maximum Gasteiger partial charge on any atom is 0.127 e. The van der Waals surface area contributed by atoms with E-state index in [1.807, 2.05) is 0 Å². The molecule has 0 aliphatic rings. The largest absolute Gasteiger partial charge is 0.364 e. The van der Waals surface area contributed by atoms with Crippen LogP contribution >= 0.6 is 0 Å². The van der Waals surface area contributed by atoms with Crippen LogP contribution in [0.3, 0.4) is 0 Å². The molecule has 18 heavy (non-hydrogen) atoms. The minimum atomic E-state index is -0.0500. The van der Waals surface area contributed by atoms with Crippen molar-refractivity contribution >= 4 is 0 Å². The van der Waals surface area contributed by atoms with Gasteiger partial charge in [-0.05, 0) is 11.8 Å². The van der Waals surface area contributed by atoms with Gasteiger partial charge in [0.2, 0.25) is 0 Å². The number of hydrogen-bond acceptors (Lipinski definition) is 4. The Hall–Kier alpha value is -1.58. The molecule has 0 aliphatic heterocycles. The summed E-state index contributed by atoms with van der Waals surface area (Å²) in [6, 6.07) is 0. The van der Waals surface area contributed by atoms with Gasteiger partial charge in [-0.15, -0.1) is 0 Å². The molecule has 0 aromatic carbocycles. The fourth-order valence-corrected chi connectivity index (χ4v) is 2.12. The highest BCUT2D eigenvalue weighted by molar-refractivity contribution is 5.27. The van der Waals surface area contributed by atoms with E-state index in [9.17, 15) is 0 Å². The molecule has 0 saturated heterocycles. The number of hydrogen-bond donors (Lipinski definition) is 0. The van der Waals surface area contributed by atoms with E-state index < -0.39 is 0 Å². The minimum absolute atomic E-state index is 0.00689. The van der Waals surface area contributed by atoms with Crippen molar-refractivity contribution in [2.75, 3.05) is 0 Å². The van der Waals surface area contributed by atoms with Crippen LogP contribution in [-0.4, -0.2) is 10.3 Å². The highest BCUT2D eigenvalue weighted by Gasteiger charge is 2.29. The van der Waals surface area contributed by atoms with Gasteiger partial charge in [0.25, 0.3) is 0 Å². The van der Waals surface area contributed by atoms with Gasteiger partial charge in [0, 0.05) is 16.5 Å². The molecule has 2 heterocycles. The van der Waals surface area contributed by atoms with Gasteiger partial charge in [0.1, 0.15) is 12.5 Å². The Bertz CT molecular complexity index is 504. The van der Waals surface area contributed by atoms with Crippen molar-refractivity contribution < 1.29 is 9.05 Å². The summed E-state index contributed by atoms with van der Waals surface area (Å²) in [4.78, 5) is 0. The molecule has 2 aromatic heterocycles. The van der Waals surface area contributed by atoms with Crippen LogP contribution in [0, 0.1) is 0 Å². The first-order valence-corrected chi connectivity index (χ1v) is 6.14. The third kappa shape index (κ3) is 2.47. The summed E-state index contributed by atoms with van der Waals surface area (Å²) in [7, 11) is 0. The van der Waals surface area contributed by atoms with Crippen molar-refractivity contribution in [3.05, 3.63) is 35.5 Å². The molecule has 98 valence electrons. The van der Waals surface area contributed by atoms with E-state index in [1.165, 1.54) is 0 Å². The molecule has 0 radical (unpaired) electrons. The summed E-state index contributed by atoms with van der Waals surface area (Å²) in [6.45, 7) is 10.8. The van der Waals surface area contributed by atoms with E-state index in [0.29, 0.717) is 0 Å². The molecular weight excluding hydrogens is 228 g/mol. The van der Waals surface area contributed by atoms with Gasteiger partial charge in [-0.3, -0.25) is 0 Å². The summed E-state index contributed by atoms with van der Waals surface area (Å²) in [5.74, 6) is 0. The first kappa shape index (κ1) is 12.9. The van der Waals surface area contributed by atoms with Crippen LogP contribution in [0.25, 0.3) is 0 Å². The lowest BCUT2D eigenvalue weighted by Gasteiger charge is -2.24. The quantitative estimate of drug-likeness (QED) is 0.834. The third-order valence-corrected chi connectivity index (χ3v) is 3.20. The van der Waals surface area contributed by atoms with E-state index in [-0.39, 0.29) is 10.8 Å². The SMILES string of the molecule is CC(C)(C)c1nocc1CC(C)(C)c1cnoc1. The van der Waals surface area contributed by atoms with E-state index >= 15 is 0 Å². The molecule has 0 saturated carbocycles. The first-order chi connectivity index (χ1) is 8.31. The number of aromatic nitrogens is 2. The van der Waals surface area contributed by atoms with Crippen molar-refractivity contribution in [2.24, 2.45) is 0 Å². The Morgan fingerprint density at radius 1 is 1.06 bits per heavy atom. The van der Waals surface area contributed by atoms with Crippen LogP contribution < -0.4 is 0 Å². The van der Waals surface area contributed by atoms with Crippen molar-refractivity contribution in [1.82, 2.24) is 10.3 Å². The molecule has 0 amide bonds. The average molecular weight is 248 g/mol. The second-order valence-corrected chi connectivity index (χ2v) is 6.41. The zero-order valence-electron chi connectivity index (χ0n) is 11.7. The Labute approximate surface area is 107 Å². The maximum absolute atomic E-state index is 5.15. The number of rotatable bonds is 3. The lowest BCUT2D eigenvalue weighted by molar-refractivity contribution is 0.392. The predicted octanol–water partition coefficient (Wildman–Crippen LogP) is 3.48. The van der Waals surface area contributed by atoms with Crippen LogP contribution in [0.1, 0.15) is 51.4 Å². The van der Waals surface area contributed by atoms with Crippen molar-refractivity contribution in [3.8, 4) is 0 Å². The predicted molar refractivity (Wildman–Crippen MR) is 68.4 cm³/mol. The van der Waals surface area contributed by atoms with Gasteiger partial charge < -0.3 is 9.05 Å². The standard InChI is InChI=1S/C14H20N2O2/c1-13(2,3)12-10(8-18-16-12)6-14(4,5)11-7-15-17-9-11/h7-9H,6H2,1-5H3. The molecule has 0 aliphatic carbocycles. The van der Waals surface area contributed by atoms with E-state index in [4.69, 9.17) is 9.05 Å². The van der Waals surface area contributed by atoms with Gasteiger partial charge in [-0.2, -0.15) is 0 Å². The van der Waals surface area contributed by atoms with Crippen molar-refractivity contribution in [2.45, 2.75) is 51.9 Å². The normalized spacial score (nSPS) is 12.9. The van der Waals surface area contributed by atoms with Gasteiger partial charge in [0.15, 0.2) is 0 Å². The summed E-state index contributed by atoms with van der Waals surface area (Å²) in [5.41, 5.74) is 3.20. The monoisotopic (exact) mass is 248 g/mol. The molecule has 0 unspecified atom stereocenters. The highest BCUT2D eigenvalue weighted by atomic mass is 16.5. The molecule has 2 rings (SSSR count). The zero-order chi connectivity index (χ0) is 13.4. The van der Waals surface area contributed by atoms with Gasteiger partial charge in [0.05, 0.1) is 11.9 Å². The van der Waals surface area contributed by atoms with Gasteiger partial charge in [-0.25, -0.2) is 0 Å². The second-order valence-electron chi connectivity index (χ2n) is 6.41. The van der Waals surface area contributed by atoms with E-state index in [0.717, 1.165) is 23.2 Å². The highest BCUT2D eigenvalue weighted by Crippen LogP contribution is 2.32. The molecule has 0 fully saturated rings. The summed E-state index contributed by atoms with van der Waals surface area (Å²) >= 11 is 0. The lowest BCUT2D eigenvalue weighted by atomic mass is 9.78. The zero-order valence-corrected chi connectivity index (χ0v) is 11.7. The van der Waals surface area contributed by atoms with Crippen LogP contribution in [-0.2, 0) is 17.3 Å². The Kier molecular flexibility index (Phi) is 3.05. The van der Waals surface area contributed by atoms with Crippen LogP contribution in [0.2, 0.25) is 0 Å². The Morgan fingerprint density at radius 3 is 2.33 bits per heavy atom. The fraction of sp³-hybridized carbons (Fsp3) is 0.571. The van der Waals surface area contributed by atoms with Crippen molar-refractivity contribution in [3.63, 3.8) is 0 Å². The van der Waals surface area contributed by atoms with Crippen LogP contribution in [0.15, 0.2) is 27.8 Å². The molecular formula is C14H20N2O2. The topological polar surface area (TPSA) is 52.1 Å².